The summed E-state index contributed by atoms with van der Waals surface area (Å²) in [4.78, 5) is 11.1. The number of rotatable bonds is 4. The summed E-state index contributed by atoms with van der Waals surface area (Å²) in [7, 11) is 0. The van der Waals surface area contributed by atoms with Crippen LogP contribution in [0.5, 0.6) is 5.75 Å². The summed E-state index contributed by atoms with van der Waals surface area (Å²) in [5.74, 6) is -0.938. The number of aryl methyl sites for hydroxylation is 1. The number of carboxylic acids is 1. The van der Waals surface area contributed by atoms with Crippen LogP contribution in [0.25, 0.3) is 5.69 Å². The summed E-state index contributed by atoms with van der Waals surface area (Å²) in [5, 5.41) is 9.08. The zero-order chi connectivity index (χ0) is 14.9. The van der Waals surface area contributed by atoms with E-state index in [9.17, 15) is 13.6 Å². The van der Waals surface area contributed by atoms with Crippen molar-refractivity contribution in [3.05, 3.63) is 47.3 Å². The number of nitrogens with zero attached hydrogens (tertiary/aromatic N) is 1. The van der Waals surface area contributed by atoms with Crippen LogP contribution >= 0.6 is 0 Å². The fraction of sp³-hybridized carbons (Fsp3) is 0.214. The Kier molecular flexibility index (Phi) is 3.74. The minimum atomic E-state index is -2.87. The van der Waals surface area contributed by atoms with Crippen molar-refractivity contribution in [2.24, 2.45) is 0 Å². The second-order valence-corrected chi connectivity index (χ2v) is 4.30. The number of halogens is 2. The molecule has 0 unspecified atom stereocenters. The fourth-order valence-corrected chi connectivity index (χ4v) is 2.15. The topological polar surface area (TPSA) is 51.5 Å². The van der Waals surface area contributed by atoms with E-state index in [1.807, 2.05) is 0 Å². The van der Waals surface area contributed by atoms with E-state index in [0.717, 1.165) is 5.69 Å². The SMILES string of the molecule is Cc1cc(C(=O)O)c(C)n1-c1ccc(OC(F)F)cc1. The van der Waals surface area contributed by atoms with Gasteiger partial charge in [-0.25, -0.2) is 4.79 Å². The van der Waals surface area contributed by atoms with Crippen LogP contribution in [0.2, 0.25) is 0 Å². The number of carboxylic acid groups (broad SMARTS) is 1. The van der Waals surface area contributed by atoms with Crippen LogP contribution in [0.4, 0.5) is 8.78 Å². The van der Waals surface area contributed by atoms with Gasteiger partial charge in [0.15, 0.2) is 0 Å². The molecule has 0 amide bonds. The third-order valence-corrected chi connectivity index (χ3v) is 2.98. The van der Waals surface area contributed by atoms with E-state index in [4.69, 9.17) is 5.11 Å². The van der Waals surface area contributed by atoms with E-state index in [-0.39, 0.29) is 11.3 Å². The molecule has 0 fully saturated rings. The van der Waals surface area contributed by atoms with Crippen molar-refractivity contribution in [3.8, 4) is 11.4 Å². The summed E-state index contributed by atoms with van der Waals surface area (Å²) in [5.41, 5.74) is 2.24. The molecule has 0 aliphatic heterocycles. The van der Waals surface area contributed by atoms with E-state index in [0.29, 0.717) is 11.4 Å². The molecule has 20 heavy (non-hydrogen) atoms. The quantitative estimate of drug-likeness (QED) is 0.934. The number of ether oxygens (including phenoxy) is 1. The summed E-state index contributed by atoms with van der Waals surface area (Å²) in [6.45, 7) is 0.609. The van der Waals surface area contributed by atoms with Crippen molar-refractivity contribution in [3.63, 3.8) is 0 Å². The molecular formula is C14H13F2NO3. The first kappa shape index (κ1) is 14.0. The normalized spacial score (nSPS) is 10.8. The summed E-state index contributed by atoms with van der Waals surface area (Å²) < 4.78 is 30.2. The van der Waals surface area contributed by atoms with Gasteiger partial charge in [-0.15, -0.1) is 0 Å². The fourth-order valence-electron chi connectivity index (χ4n) is 2.15. The van der Waals surface area contributed by atoms with Crippen molar-refractivity contribution < 1.29 is 23.4 Å². The second-order valence-electron chi connectivity index (χ2n) is 4.30. The van der Waals surface area contributed by atoms with Gasteiger partial charge in [0.1, 0.15) is 5.75 Å². The third kappa shape index (κ3) is 2.64. The Balaban J connectivity index is 2.39. The zero-order valence-electron chi connectivity index (χ0n) is 10.9. The summed E-state index contributed by atoms with van der Waals surface area (Å²) >= 11 is 0. The first-order valence-corrected chi connectivity index (χ1v) is 5.87. The van der Waals surface area contributed by atoms with Gasteiger partial charge in [-0.2, -0.15) is 8.78 Å². The molecule has 2 rings (SSSR count). The number of benzene rings is 1. The maximum atomic E-state index is 12.1. The molecule has 1 N–H and O–H groups in total. The number of alkyl halides is 2. The molecule has 4 nitrogen and oxygen atoms in total. The van der Waals surface area contributed by atoms with Gasteiger partial charge < -0.3 is 14.4 Å². The lowest BCUT2D eigenvalue weighted by molar-refractivity contribution is -0.0498. The molecule has 0 aliphatic carbocycles. The van der Waals surface area contributed by atoms with Crippen molar-refractivity contribution >= 4 is 5.97 Å². The highest BCUT2D eigenvalue weighted by Crippen LogP contribution is 2.23. The molecule has 106 valence electrons. The molecule has 0 aliphatic rings. The first-order valence-electron chi connectivity index (χ1n) is 5.87. The van der Waals surface area contributed by atoms with Crippen LogP contribution in [-0.2, 0) is 0 Å². The Hall–Kier alpha value is -2.37. The molecule has 0 atom stereocenters. The van der Waals surface area contributed by atoms with E-state index in [1.165, 1.54) is 12.1 Å². The molecule has 0 saturated heterocycles. The Labute approximate surface area is 114 Å². The zero-order valence-corrected chi connectivity index (χ0v) is 10.9. The lowest BCUT2D eigenvalue weighted by atomic mass is 10.2. The largest absolute Gasteiger partial charge is 0.478 e. The molecule has 2 aromatic rings. The average molecular weight is 281 g/mol. The van der Waals surface area contributed by atoms with E-state index in [2.05, 4.69) is 4.74 Å². The van der Waals surface area contributed by atoms with E-state index >= 15 is 0 Å². The highest BCUT2D eigenvalue weighted by molar-refractivity contribution is 5.89. The molecule has 1 heterocycles. The van der Waals surface area contributed by atoms with Crippen LogP contribution in [-0.4, -0.2) is 22.3 Å². The monoisotopic (exact) mass is 281 g/mol. The molecule has 0 bridgehead atoms. The molecule has 6 heteroatoms. The van der Waals surface area contributed by atoms with Gasteiger partial charge in [0, 0.05) is 17.1 Å². The Morgan fingerprint density at radius 3 is 2.30 bits per heavy atom. The summed E-state index contributed by atoms with van der Waals surface area (Å²) in [6.07, 6.45) is 0. The Morgan fingerprint density at radius 1 is 1.25 bits per heavy atom. The van der Waals surface area contributed by atoms with Gasteiger partial charge in [-0.3, -0.25) is 0 Å². The van der Waals surface area contributed by atoms with Crippen molar-refractivity contribution in [1.29, 1.82) is 0 Å². The van der Waals surface area contributed by atoms with Crippen molar-refractivity contribution in [2.75, 3.05) is 0 Å². The minimum Gasteiger partial charge on any atom is -0.478 e. The van der Waals surface area contributed by atoms with E-state index in [1.54, 1.807) is 36.6 Å². The Bertz CT molecular complexity index is 633. The van der Waals surface area contributed by atoms with Crippen LogP contribution in [0, 0.1) is 13.8 Å². The number of hydrogen-bond acceptors (Lipinski definition) is 2. The van der Waals surface area contributed by atoms with Crippen molar-refractivity contribution in [2.45, 2.75) is 20.5 Å². The van der Waals surface area contributed by atoms with Crippen LogP contribution < -0.4 is 4.74 Å². The average Bonchev–Trinajstić information content (AvgIpc) is 2.66. The highest BCUT2D eigenvalue weighted by atomic mass is 19.3. The van der Waals surface area contributed by atoms with Gasteiger partial charge >= 0.3 is 12.6 Å². The smallest absolute Gasteiger partial charge is 0.387 e. The number of carbonyl (C=O) groups is 1. The predicted octanol–water partition coefficient (Wildman–Crippen LogP) is 3.39. The molecular weight excluding hydrogens is 268 g/mol. The van der Waals surface area contributed by atoms with Gasteiger partial charge in [-0.05, 0) is 44.2 Å². The third-order valence-electron chi connectivity index (χ3n) is 2.98. The van der Waals surface area contributed by atoms with Crippen LogP contribution in [0.1, 0.15) is 21.7 Å². The first-order chi connectivity index (χ1) is 9.40. The van der Waals surface area contributed by atoms with Crippen molar-refractivity contribution in [1.82, 2.24) is 4.57 Å². The lowest BCUT2D eigenvalue weighted by Gasteiger charge is -2.11. The van der Waals surface area contributed by atoms with Gasteiger partial charge in [0.2, 0.25) is 0 Å². The molecule has 1 aromatic carbocycles. The second kappa shape index (κ2) is 5.32. The van der Waals surface area contributed by atoms with E-state index < -0.39 is 12.6 Å². The molecule has 0 radical (unpaired) electrons. The van der Waals surface area contributed by atoms with Crippen LogP contribution in [0.15, 0.2) is 30.3 Å². The molecule has 1 aromatic heterocycles. The van der Waals surface area contributed by atoms with Gasteiger partial charge in [0.05, 0.1) is 5.56 Å². The minimum absolute atomic E-state index is 0.0599. The highest BCUT2D eigenvalue weighted by Gasteiger charge is 2.15. The predicted molar refractivity (Wildman–Crippen MR) is 68.8 cm³/mol. The molecule has 0 spiro atoms. The number of aromatic nitrogens is 1. The lowest BCUT2D eigenvalue weighted by Crippen LogP contribution is -2.04. The number of hydrogen-bond donors (Lipinski definition) is 1. The van der Waals surface area contributed by atoms with Gasteiger partial charge in [-0.1, -0.05) is 0 Å². The van der Waals surface area contributed by atoms with Gasteiger partial charge in [0.25, 0.3) is 0 Å². The molecule has 0 saturated carbocycles. The maximum Gasteiger partial charge on any atom is 0.387 e. The van der Waals surface area contributed by atoms with Crippen LogP contribution in [0.3, 0.4) is 0 Å². The summed E-state index contributed by atoms with van der Waals surface area (Å²) in [6, 6.07) is 7.61. The maximum absolute atomic E-state index is 12.1. The number of aromatic carboxylic acids is 1. The standard InChI is InChI=1S/C14H13F2NO3/c1-8-7-12(13(18)19)9(2)17(8)10-3-5-11(6-4-10)20-14(15)16/h3-7,14H,1-2H3,(H,18,19). The Morgan fingerprint density at radius 2 is 1.85 bits per heavy atom.